The highest BCUT2D eigenvalue weighted by Crippen LogP contribution is 2.37. The Kier molecular flexibility index (Phi) is 4.34. The van der Waals surface area contributed by atoms with E-state index in [0.717, 1.165) is 38.2 Å². The van der Waals surface area contributed by atoms with E-state index in [1.165, 1.54) is 24.8 Å². The van der Waals surface area contributed by atoms with Crippen LogP contribution in [0.25, 0.3) is 0 Å². The summed E-state index contributed by atoms with van der Waals surface area (Å²) >= 11 is 0. The van der Waals surface area contributed by atoms with E-state index in [4.69, 9.17) is 9.47 Å². The van der Waals surface area contributed by atoms with E-state index in [1.807, 2.05) is 19.2 Å². The third-order valence-electron chi connectivity index (χ3n) is 4.33. The van der Waals surface area contributed by atoms with Crippen LogP contribution in [0.1, 0.15) is 43.4 Å². The quantitative estimate of drug-likeness (QED) is 0.918. The summed E-state index contributed by atoms with van der Waals surface area (Å²) in [6, 6.07) is 4.10. The monoisotopic (exact) mass is 276 g/mol. The van der Waals surface area contributed by atoms with E-state index in [9.17, 15) is 0 Å². The molecule has 1 saturated heterocycles. The Morgan fingerprint density at radius 2 is 2.20 bits per heavy atom. The van der Waals surface area contributed by atoms with Crippen LogP contribution in [0, 0.1) is 6.92 Å². The minimum Gasteiger partial charge on any atom is -0.347 e. The van der Waals surface area contributed by atoms with Gasteiger partial charge in [-0.3, -0.25) is 4.98 Å². The Bertz CT molecular complexity index is 444. The number of hydrogen-bond acceptors (Lipinski definition) is 4. The van der Waals surface area contributed by atoms with Gasteiger partial charge in [0.05, 0.1) is 12.7 Å². The average Bonchev–Trinajstić information content (AvgIpc) is 2.85. The van der Waals surface area contributed by atoms with Crippen LogP contribution < -0.4 is 5.32 Å². The minimum absolute atomic E-state index is 0.185. The standard InChI is InChI=1S/C16H24N2O2/c1-13-14(6-5-9-18-13)10-17-11-15-12-19-16(20-15)7-3-2-4-8-16/h5-6,9,15,17H,2-4,7-8,10-12H2,1H3/t15-/m1/s1. The Labute approximate surface area is 120 Å². The van der Waals surface area contributed by atoms with Crippen molar-refractivity contribution in [2.24, 2.45) is 0 Å². The summed E-state index contributed by atoms with van der Waals surface area (Å²) in [6.07, 6.45) is 7.92. The Hall–Kier alpha value is -0.970. The average molecular weight is 276 g/mol. The maximum Gasteiger partial charge on any atom is 0.168 e. The van der Waals surface area contributed by atoms with E-state index in [-0.39, 0.29) is 11.9 Å². The van der Waals surface area contributed by atoms with Crippen LogP contribution in [0.5, 0.6) is 0 Å². The topological polar surface area (TPSA) is 43.4 Å². The van der Waals surface area contributed by atoms with Crippen LogP contribution in [0.4, 0.5) is 0 Å². The first-order valence-corrected chi connectivity index (χ1v) is 7.70. The summed E-state index contributed by atoms with van der Waals surface area (Å²) in [6.45, 7) is 4.45. The first-order chi connectivity index (χ1) is 9.77. The lowest BCUT2D eigenvalue weighted by Crippen LogP contribution is -2.35. The van der Waals surface area contributed by atoms with Gasteiger partial charge in [0.15, 0.2) is 5.79 Å². The van der Waals surface area contributed by atoms with Gasteiger partial charge in [0, 0.05) is 37.8 Å². The molecule has 2 aliphatic rings. The molecule has 1 spiro atoms. The zero-order valence-corrected chi connectivity index (χ0v) is 12.2. The molecule has 1 N–H and O–H groups in total. The molecule has 1 aromatic rings. The summed E-state index contributed by atoms with van der Waals surface area (Å²) in [4.78, 5) is 4.30. The second-order valence-electron chi connectivity index (χ2n) is 5.90. The third kappa shape index (κ3) is 3.19. The number of nitrogens with one attached hydrogen (secondary N) is 1. The lowest BCUT2D eigenvalue weighted by Gasteiger charge is -2.31. The normalized spacial score (nSPS) is 25.1. The number of ether oxygens (including phenoxy) is 2. The van der Waals surface area contributed by atoms with Gasteiger partial charge in [-0.25, -0.2) is 0 Å². The van der Waals surface area contributed by atoms with Crippen molar-refractivity contribution in [3.8, 4) is 0 Å². The largest absolute Gasteiger partial charge is 0.347 e. The van der Waals surface area contributed by atoms with E-state index < -0.39 is 0 Å². The van der Waals surface area contributed by atoms with Crippen molar-refractivity contribution in [2.45, 2.75) is 57.5 Å². The SMILES string of the molecule is Cc1ncccc1CNC[C@@H]1COC2(CCCCC2)O1. The van der Waals surface area contributed by atoms with E-state index in [2.05, 4.69) is 16.4 Å². The second-order valence-corrected chi connectivity index (χ2v) is 5.90. The zero-order chi connectivity index (χ0) is 13.8. The van der Waals surface area contributed by atoms with Crippen molar-refractivity contribution < 1.29 is 9.47 Å². The number of pyridine rings is 1. The molecule has 2 heterocycles. The van der Waals surface area contributed by atoms with Gasteiger partial charge in [0.1, 0.15) is 0 Å². The Balaban J connectivity index is 1.45. The summed E-state index contributed by atoms with van der Waals surface area (Å²) in [5.74, 6) is -0.255. The molecule has 0 bridgehead atoms. The summed E-state index contributed by atoms with van der Waals surface area (Å²) in [5, 5.41) is 3.46. The molecule has 0 unspecified atom stereocenters. The number of aromatic nitrogens is 1. The van der Waals surface area contributed by atoms with Crippen molar-refractivity contribution in [1.82, 2.24) is 10.3 Å². The fraction of sp³-hybridized carbons (Fsp3) is 0.688. The van der Waals surface area contributed by atoms with E-state index >= 15 is 0 Å². The fourth-order valence-corrected chi connectivity index (χ4v) is 3.14. The molecule has 2 fully saturated rings. The molecule has 1 aromatic heterocycles. The number of nitrogens with zero attached hydrogens (tertiary/aromatic N) is 1. The van der Waals surface area contributed by atoms with Crippen LogP contribution in [0.2, 0.25) is 0 Å². The lowest BCUT2D eigenvalue weighted by molar-refractivity contribution is -0.186. The van der Waals surface area contributed by atoms with Gasteiger partial charge in [-0.2, -0.15) is 0 Å². The van der Waals surface area contributed by atoms with E-state index in [1.54, 1.807) is 0 Å². The van der Waals surface area contributed by atoms with Crippen molar-refractivity contribution in [3.63, 3.8) is 0 Å². The zero-order valence-electron chi connectivity index (χ0n) is 12.2. The molecule has 0 amide bonds. The molecule has 1 aliphatic heterocycles. The molecule has 1 aliphatic carbocycles. The fourth-order valence-electron chi connectivity index (χ4n) is 3.14. The molecular weight excluding hydrogens is 252 g/mol. The van der Waals surface area contributed by atoms with Gasteiger partial charge >= 0.3 is 0 Å². The van der Waals surface area contributed by atoms with Gasteiger partial charge < -0.3 is 14.8 Å². The van der Waals surface area contributed by atoms with Crippen LogP contribution >= 0.6 is 0 Å². The summed E-state index contributed by atoms with van der Waals surface area (Å²) in [5.41, 5.74) is 2.34. The van der Waals surface area contributed by atoms with Crippen LogP contribution in [-0.2, 0) is 16.0 Å². The first kappa shape index (κ1) is 14.0. The molecule has 0 aromatic carbocycles. The molecule has 0 radical (unpaired) electrons. The van der Waals surface area contributed by atoms with Crippen molar-refractivity contribution in [2.75, 3.05) is 13.2 Å². The van der Waals surface area contributed by atoms with Gasteiger partial charge in [-0.1, -0.05) is 12.5 Å². The maximum atomic E-state index is 6.16. The molecule has 3 rings (SSSR count). The predicted octanol–water partition coefficient (Wildman–Crippen LogP) is 2.56. The van der Waals surface area contributed by atoms with Crippen molar-refractivity contribution >= 4 is 0 Å². The van der Waals surface area contributed by atoms with Gasteiger partial charge in [0.25, 0.3) is 0 Å². The van der Waals surface area contributed by atoms with Crippen LogP contribution in [0.15, 0.2) is 18.3 Å². The van der Waals surface area contributed by atoms with Gasteiger partial charge in [0.2, 0.25) is 0 Å². The molecule has 4 nitrogen and oxygen atoms in total. The Morgan fingerprint density at radius 3 is 3.00 bits per heavy atom. The third-order valence-corrected chi connectivity index (χ3v) is 4.33. The molecule has 1 saturated carbocycles. The number of rotatable bonds is 4. The number of aryl methyl sites for hydroxylation is 1. The summed E-state index contributed by atoms with van der Waals surface area (Å²) in [7, 11) is 0. The van der Waals surface area contributed by atoms with Gasteiger partial charge in [-0.15, -0.1) is 0 Å². The molecule has 110 valence electrons. The first-order valence-electron chi connectivity index (χ1n) is 7.70. The Morgan fingerprint density at radius 1 is 1.35 bits per heavy atom. The van der Waals surface area contributed by atoms with Gasteiger partial charge in [-0.05, 0) is 31.4 Å². The predicted molar refractivity (Wildman–Crippen MR) is 77.3 cm³/mol. The highest BCUT2D eigenvalue weighted by atomic mass is 16.7. The number of hydrogen-bond donors (Lipinski definition) is 1. The van der Waals surface area contributed by atoms with E-state index in [0.29, 0.717) is 0 Å². The molecule has 4 heteroatoms. The molecule has 1 atom stereocenters. The van der Waals surface area contributed by atoms with Crippen LogP contribution in [-0.4, -0.2) is 30.0 Å². The molecule has 20 heavy (non-hydrogen) atoms. The van der Waals surface area contributed by atoms with Crippen molar-refractivity contribution in [3.05, 3.63) is 29.6 Å². The highest BCUT2D eigenvalue weighted by molar-refractivity contribution is 5.17. The lowest BCUT2D eigenvalue weighted by atomic mass is 9.94. The second kappa shape index (κ2) is 6.20. The van der Waals surface area contributed by atoms with Crippen LogP contribution in [0.3, 0.4) is 0 Å². The smallest absolute Gasteiger partial charge is 0.168 e. The highest BCUT2D eigenvalue weighted by Gasteiger charge is 2.41. The summed E-state index contributed by atoms with van der Waals surface area (Å²) < 4.78 is 12.1. The molecular formula is C16H24N2O2. The maximum absolute atomic E-state index is 6.16. The van der Waals surface area contributed by atoms with Crippen molar-refractivity contribution in [1.29, 1.82) is 0 Å². The minimum atomic E-state index is -0.255.